The van der Waals surface area contributed by atoms with Gasteiger partial charge in [0.25, 0.3) is 0 Å². The first-order valence-corrected chi connectivity index (χ1v) is 12.0. The van der Waals surface area contributed by atoms with Crippen molar-refractivity contribution in [1.29, 1.82) is 0 Å². The molecule has 10 heteroatoms. The summed E-state index contributed by atoms with van der Waals surface area (Å²) in [7, 11) is -3.94. The number of hydrogen-bond donors (Lipinski definition) is 1. The van der Waals surface area contributed by atoms with Crippen molar-refractivity contribution in [3.05, 3.63) is 29.8 Å². The van der Waals surface area contributed by atoms with Gasteiger partial charge in [0.15, 0.2) is 0 Å². The van der Waals surface area contributed by atoms with Crippen LogP contribution in [0.25, 0.3) is 0 Å². The Morgan fingerprint density at radius 3 is 2.67 bits per heavy atom. The second kappa shape index (κ2) is 10.5. The van der Waals surface area contributed by atoms with Gasteiger partial charge in [-0.25, -0.2) is 8.42 Å². The molecule has 1 aliphatic rings. The first-order chi connectivity index (χ1) is 14.0. The number of benzene rings is 1. The molecule has 6 nitrogen and oxygen atoms in total. The van der Waals surface area contributed by atoms with Crippen LogP contribution >= 0.6 is 0 Å². The highest BCUT2D eigenvalue weighted by molar-refractivity contribution is 7.92. The Hall–Kier alpha value is -1.81. The molecule has 30 heavy (non-hydrogen) atoms. The Bertz CT molecular complexity index is 815. The predicted molar refractivity (Wildman–Crippen MR) is 111 cm³/mol. The van der Waals surface area contributed by atoms with E-state index in [2.05, 4.69) is 17.1 Å². The van der Waals surface area contributed by atoms with Crippen LogP contribution < -0.4 is 9.62 Å². The summed E-state index contributed by atoms with van der Waals surface area (Å²) >= 11 is 0. The molecule has 1 aliphatic heterocycles. The summed E-state index contributed by atoms with van der Waals surface area (Å²) in [5.74, 6) is -0.552. The second-order valence-electron chi connectivity index (χ2n) is 7.62. The molecule has 0 spiro atoms. The molecule has 0 bridgehead atoms. The fraction of sp³-hybridized carbons (Fsp3) is 0.650. The van der Waals surface area contributed by atoms with Crippen LogP contribution in [0.5, 0.6) is 0 Å². The van der Waals surface area contributed by atoms with Gasteiger partial charge in [-0.05, 0) is 50.4 Å². The van der Waals surface area contributed by atoms with Crippen LogP contribution in [0.4, 0.5) is 18.9 Å². The highest BCUT2D eigenvalue weighted by atomic mass is 32.2. The molecule has 0 aliphatic carbocycles. The zero-order valence-electron chi connectivity index (χ0n) is 17.4. The van der Waals surface area contributed by atoms with Gasteiger partial charge in [0, 0.05) is 19.1 Å². The molecule has 1 N–H and O–H groups in total. The van der Waals surface area contributed by atoms with E-state index in [4.69, 9.17) is 0 Å². The molecule has 1 fully saturated rings. The van der Waals surface area contributed by atoms with E-state index in [-0.39, 0.29) is 5.69 Å². The van der Waals surface area contributed by atoms with E-state index >= 15 is 0 Å². The monoisotopic (exact) mass is 449 g/mol. The number of nitrogens with zero attached hydrogens (tertiary/aromatic N) is 2. The van der Waals surface area contributed by atoms with E-state index in [1.54, 1.807) is 0 Å². The van der Waals surface area contributed by atoms with Crippen LogP contribution in [-0.2, 0) is 21.0 Å². The SMILES string of the molecule is CCC1CCCCN1CCCNC(=O)CN(c1cccc(C(F)(F)F)c1)S(C)(=O)=O. The number of likely N-dealkylation sites (tertiary alicyclic amines) is 1. The number of carbonyl (C=O) groups excluding carboxylic acids is 1. The first kappa shape index (κ1) is 24.5. The average Bonchev–Trinajstić information content (AvgIpc) is 2.68. The Morgan fingerprint density at radius 2 is 2.03 bits per heavy atom. The molecule has 1 saturated heterocycles. The van der Waals surface area contributed by atoms with Gasteiger partial charge in [-0.15, -0.1) is 0 Å². The van der Waals surface area contributed by atoms with Gasteiger partial charge in [-0.1, -0.05) is 19.4 Å². The molecule has 1 aromatic carbocycles. The van der Waals surface area contributed by atoms with Crippen molar-refractivity contribution in [3.63, 3.8) is 0 Å². The molecule has 1 aromatic rings. The quantitative estimate of drug-likeness (QED) is 0.588. The maximum Gasteiger partial charge on any atom is 0.416 e. The molecular weight excluding hydrogens is 419 g/mol. The number of amides is 1. The lowest BCUT2D eigenvalue weighted by molar-refractivity contribution is -0.137. The molecule has 0 saturated carbocycles. The van der Waals surface area contributed by atoms with E-state index in [1.807, 2.05) is 0 Å². The minimum absolute atomic E-state index is 0.193. The van der Waals surface area contributed by atoms with Crippen molar-refractivity contribution in [2.45, 2.75) is 51.2 Å². The summed E-state index contributed by atoms with van der Waals surface area (Å²) < 4.78 is 63.7. The fourth-order valence-electron chi connectivity index (χ4n) is 3.75. The predicted octanol–water partition coefficient (Wildman–Crippen LogP) is 3.24. The average molecular weight is 450 g/mol. The van der Waals surface area contributed by atoms with E-state index in [0.29, 0.717) is 16.9 Å². The Labute approximate surface area is 176 Å². The normalized spacial score (nSPS) is 18.2. The topological polar surface area (TPSA) is 69.7 Å². The van der Waals surface area contributed by atoms with Gasteiger partial charge in [0.2, 0.25) is 15.9 Å². The molecular formula is C20H30F3N3O3S. The number of piperidine rings is 1. The first-order valence-electron chi connectivity index (χ1n) is 10.2. The van der Waals surface area contributed by atoms with Crippen molar-refractivity contribution < 1.29 is 26.4 Å². The number of anilines is 1. The number of carbonyl (C=O) groups is 1. The molecule has 1 heterocycles. The molecule has 1 atom stereocenters. The number of hydrogen-bond acceptors (Lipinski definition) is 4. The summed E-state index contributed by atoms with van der Waals surface area (Å²) in [5.41, 5.74) is -1.16. The van der Waals surface area contributed by atoms with E-state index < -0.39 is 34.2 Å². The third kappa shape index (κ3) is 7.16. The van der Waals surface area contributed by atoms with Crippen LogP contribution in [0.1, 0.15) is 44.6 Å². The van der Waals surface area contributed by atoms with Gasteiger partial charge in [0.1, 0.15) is 6.54 Å². The van der Waals surface area contributed by atoms with Crippen molar-refractivity contribution >= 4 is 21.6 Å². The third-order valence-corrected chi connectivity index (χ3v) is 6.45. The number of rotatable bonds is 9. The summed E-state index contributed by atoms with van der Waals surface area (Å²) in [4.78, 5) is 14.7. The van der Waals surface area contributed by atoms with Gasteiger partial charge in [0.05, 0.1) is 17.5 Å². The molecule has 1 unspecified atom stereocenters. The third-order valence-electron chi connectivity index (χ3n) is 5.31. The number of sulfonamides is 1. The van der Waals surface area contributed by atoms with Crippen molar-refractivity contribution in [1.82, 2.24) is 10.2 Å². The largest absolute Gasteiger partial charge is 0.416 e. The van der Waals surface area contributed by atoms with Crippen molar-refractivity contribution in [2.75, 3.05) is 36.7 Å². The number of halogens is 3. The van der Waals surface area contributed by atoms with Gasteiger partial charge in [-0.2, -0.15) is 13.2 Å². The zero-order chi connectivity index (χ0) is 22.4. The maximum absolute atomic E-state index is 13.0. The van der Waals surface area contributed by atoms with Gasteiger partial charge >= 0.3 is 6.18 Å². The summed E-state index contributed by atoms with van der Waals surface area (Å²) in [6, 6.07) is 4.52. The standard InChI is InChI=1S/C20H30F3N3O3S/c1-3-17-9-4-5-12-25(17)13-7-11-24-19(27)15-26(30(2,28)29)18-10-6-8-16(14-18)20(21,22)23/h6,8,10,14,17H,3-5,7,9,11-13,15H2,1-2H3,(H,24,27). The van der Waals surface area contributed by atoms with E-state index in [9.17, 15) is 26.4 Å². The van der Waals surface area contributed by atoms with Crippen LogP contribution in [0.2, 0.25) is 0 Å². The zero-order valence-corrected chi connectivity index (χ0v) is 18.2. The lowest BCUT2D eigenvalue weighted by atomic mass is 10.00. The second-order valence-corrected chi connectivity index (χ2v) is 9.52. The van der Waals surface area contributed by atoms with Crippen LogP contribution in [-0.4, -0.2) is 57.7 Å². The van der Waals surface area contributed by atoms with Crippen LogP contribution in [0, 0.1) is 0 Å². The van der Waals surface area contributed by atoms with Gasteiger partial charge in [-0.3, -0.25) is 9.10 Å². The minimum Gasteiger partial charge on any atom is -0.354 e. The summed E-state index contributed by atoms with van der Waals surface area (Å²) in [5, 5.41) is 2.68. The Kier molecular flexibility index (Phi) is 8.54. The van der Waals surface area contributed by atoms with E-state index in [0.717, 1.165) is 50.4 Å². The number of nitrogens with one attached hydrogen (secondary N) is 1. The van der Waals surface area contributed by atoms with Gasteiger partial charge < -0.3 is 10.2 Å². The smallest absolute Gasteiger partial charge is 0.354 e. The molecule has 170 valence electrons. The molecule has 1 amide bonds. The lowest BCUT2D eigenvalue weighted by Crippen LogP contribution is -2.42. The highest BCUT2D eigenvalue weighted by Gasteiger charge is 2.32. The fourth-order valence-corrected chi connectivity index (χ4v) is 4.60. The van der Waals surface area contributed by atoms with Crippen LogP contribution in [0.15, 0.2) is 24.3 Å². The minimum atomic E-state index is -4.60. The van der Waals surface area contributed by atoms with E-state index in [1.165, 1.54) is 25.3 Å². The van der Waals surface area contributed by atoms with Crippen LogP contribution in [0.3, 0.4) is 0 Å². The maximum atomic E-state index is 13.0. The molecule has 0 radical (unpaired) electrons. The molecule has 2 rings (SSSR count). The van der Waals surface area contributed by atoms with Crippen molar-refractivity contribution in [2.24, 2.45) is 0 Å². The summed E-state index contributed by atoms with van der Waals surface area (Å²) in [6.07, 6.45) is 1.67. The number of alkyl halides is 3. The Balaban J connectivity index is 1.93. The van der Waals surface area contributed by atoms with Crippen molar-refractivity contribution in [3.8, 4) is 0 Å². The summed E-state index contributed by atoms with van der Waals surface area (Å²) in [6.45, 7) is 3.87. The lowest BCUT2D eigenvalue weighted by Gasteiger charge is -2.35. The Morgan fingerprint density at radius 1 is 1.30 bits per heavy atom. The molecule has 0 aromatic heterocycles. The highest BCUT2D eigenvalue weighted by Crippen LogP contribution is 2.32.